The van der Waals surface area contributed by atoms with Gasteiger partial charge in [-0.3, -0.25) is 4.90 Å². The molecule has 0 saturated carbocycles. The zero-order chi connectivity index (χ0) is 19.8. The van der Waals surface area contributed by atoms with Crippen LogP contribution < -0.4 is 9.47 Å². The predicted octanol–water partition coefficient (Wildman–Crippen LogP) is 3.29. The summed E-state index contributed by atoms with van der Waals surface area (Å²) in [5.41, 5.74) is 2.28. The number of aliphatic hydroxyl groups excluding tert-OH is 1. The van der Waals surface area contributed by atoms with Crippen LogP contribution in [0, 0.1) is 0 Å². The van der Waals surface area contributed by atoms with E-state index in [0.717, 1.165) is 55.2 Å². The van der Waals surface area contributed by atoms with Crippen LogP contribution in [0.4, 0.5) is 0 Å². The van der Waals surface area contributed by atoms with Crippen molar-refractivity contribution in [2.45, 2.75) is 38.0 Å². The largest absolute Gasteiger partial charge is 0.493 e. The highest BCUT2D eigenvalue weighted by molar-refractivity contribution is 5.42. The van der Waals surface area contributed by atoms with Crippen molar-refractivity contribution in [3.63, 3.8) is 0 Å². The van der Waals surface area contributed by atoms with Crippen molar-refractivity contribution in [3.05, 3.63) is 59.7 Å². The molecule has 1 fully saturated rings. The second kappa shape index (κ2) is 10.5. The molecule has 2 aromatic rings. The third-order valence-corrected chi connectivity index (χ3v) is 5.12. The van der Waals surface area contributed by atoms with E-state index in [9.17, 15) is 5.11 Å². The van der Waals surface area contributed by atoms with Crippen LogP contribution in [-0.4, -0.2) is 56.1 Å². The van der Waals surface area contributed by atoms with Crippen LogP contribution in [0.2, 0.25) is 0 Å². The lowest BCUT2D eigenvalue weighted by Crippen LogP contribution is -2.38. The van der Waals surface area contributed by atoms with Gasteiger partial charge in [0.2, 0.25) is 0 Å². The normalized spacial score (nSPS) is 17.6. The Kier molecular flexibility index (Phi) is 7.71. The summed E-state index contributed by atoms with van der Waals surface area (Å²) in [6.45, 7) is 2.98. The third-order valence-electron chi connectivity index (χ3n) is 5.12. The minimum atomic E-state index is -0.427. The molecule has 0 amide bonds. The van der Waals surface area contributed by atoms with Gasteiger partial charge in [-0.2, -0.15) is 0 Å². The molecule has 1 saturated heterocycles. The average molecular weight is 386 g/mol. The second-order valence-electron chi connectivity index (χ2n) is 7.36. The molecule has 2 aromatic carbocycles. The Morgan fingerprint density at radius 1 is 1.07 bits per heavy atom. The fraction of sp³-hybridized carbons (Fsp3) is 0.478. The van der Waals surface area contributed by atoms with Crippen molar-refractivity contribution in [1.29, 1.82) is 0 Å². The molecule has 152 valence electrons. The van der Waals surface area contributed by atoms with Gasteiger partial charge in [-0.05, 0) is 42.5 Å². The smallest absolute Gasteiger partial charge is 0.161 e. The fourth-order valence-corrected chi connectivity index (χ4v) is 3.77. The van der Waals surface area contributed by atoms with E-state index < -0.39 is 6.10 Å². The van der Waals surface area contributed by atoms with Gasteiger partial charge >= 0.3 is 0 Å². The minimum Gasteiger partial charge on any atom is -0.493 e. The number of nitrogens with zero attached hydrogens (tertiary/aromatic N) is 1. The van der Waals surface area contributed by atoms with Crippen LogP contribution in [0.15, 0.2) is 48.5 Å². The van der Waals surface area contributed by atoms with Gasteiger partial charge in [0.15, 0.2) is 11.5 Å². The number of rotatable bonds is 10. The van der Waals surface area contributed by atoms with Gasteiger partial charge in [0, 0.05) is 26.2 Å². The highest BCUT2D eigenvalue weighted by atomic mass is 16.5. The summed E-state index contributed by atoms with van der Waals surface area (Å²) in [5.74, 6) is 1.45. The summed E-state index contributed by atoms with van der Waals surface area (Å²) in [5, 5.41) is 10.7. The Bertz CT molecular complexity index is 716. The van der Waals surface area contributed by atoms with Crippen LogP contribution in [0.5, 0.6) is 11.5 Å². The maximum atomic E-state index is 10.7. The first-order chi connectivity index (χ1) is 13.7. The van der Waals surface area contributed by atoms with Gasteiger partial charge in [0.1, 0.15) is 0 Å². The highest BCUT2D eigenvalue weighted by Crippen LogP contribution is 2.28. The predicted molar refractivity (Wildman–Crippen MR) is 110 cm³/mol. The molecule has 0 aliphatic carbocycles. The standard InChI is InChI=1S/C23H31NO4/c1-26-22-11-10-19(14-23(22)27-2)15-24(17-21-9-6-12-28-21)16-20(25)13-18-7-4-3-5-8-18/h3-5,7-8,10-11,14,20-21,25H,6,9,12-13,15-17H2,1-2H3/t20-,21-/m0/s1. The molecular weight excluding hydrogens is 354 g/mol. The molecular formula is C23H31NO4. The second-order valence-corrected chi connectivity index (χ2v) is 7.36. The van der Waals surface area contributed by atoms with E-state index >= 15 is 0 Å². The molecule has 5 nitrogen and oxygen atoms in total. The van der Waals surface area contributed by atoms with Crippen molar-refractivity contribution in [3.8, 4) is 11.5 Å². The first-order valence-electron chi connectivity index (χ1n) is 9.94. The van der Waals surface area contributed by atoms with E-state index in [0.29, 0.717) is 13.0 Å². The van der Waals surface area contributed by atoms with E-state index in [1.165, 1.54) is 0 Å². The molecule has 1 aliphatic rings. The summed E-state index contributed by atoms with van der Waals surface area (Å²) in [6, 6.07) is 16.1. The van der Waals surface area contributed by atoms with Crippen molar-refractivity contribution in [1.82, 2.24) is 4.90 Å². The molecule has 0 aromatic heterocycles. The molecule has 5 heteroatoms. The minimum absolute atomic E-state index is 0.240. The Balaban J connectivity index is 1.67. The zero-order valence-electron chi connectivity index (χ0n) is 16.8. The highest BCUT2D eigenvalue weighted by Gasteiger charge is 2.22. The van der Waals surface area contributed by atoms with Gasteiger partial charge in [-0.15, -0.1) is 0 Å². The van der Waals surface area contributed by atoms with Gasteiger partial charge in [-0.25, -0.2) is 0 Å². The molecule has 1 N–H and O–H groups in total. The van der Waals surface area contributed by atoms with Crippen LogP contribution in [0.1, 0.15) is 24.0 Å². The van der Waals surface area contributed by atoms with Gasteiger partial charge in [0.05, 0.1) is 26.4 Å². The van der Waals surface area contributed by atoms with E-state index in [1.54, 1.807) is 14.2 Å². The molecule has 2 atom stereocenters. The number of hydrogen-bond acceptors (Lipinski definition) is 5. The SMILES string of the molecule is COc1ccc(CN(C[C@@H](O)Cc2ccccc2)C[C@@H]2CCCO2)cc1OC. The molecule has 28 heavy (non-hydrogen) atoms. The number of ether oxygens (including phenoxy) is 3. The van der Waals surface area contributed by atoms with Gasteiger partial charge in [0.25, 0.3) is 0 Å². The molecule has 0 unspecified atom stereocenters. The molecule has 0 bridgehead atoms. The van der Waals surface area contributed by atoms with E-state index in [1.807, 2.05) is 36.4 Å². The van der Waals surface area contributed by atoms with Crippen LogP contribution >= 0.6 is 0 Å². The van der Waals surface area contributed by atoms with Crippen molar-refractivity contribution < 1.29 is 19.3 Å². The zero-order valence-corrected chi connectivity index (χ0v) is 16.8. The molecule has 3 rings (SSSR count). The summed E-state index contributed by atoms with van der Waals surface area (Å²) >= 11 is 0. The monoisotopic (exact) mass is 385 g/mol. The lowest BCUT2D eigenvalue weighted by atomic mass is 10.1. The average Bonchev–Trinajstić information content (AvgIpc) is 3.21. The van der Waals surface area contributed by atoms with Gasteiger partial charge in [-0.1, -0.05) is 36.4 Å². The van der Waals surface area contributed by atoms with Crippen molar-refractivity contribution >= 4 is 0 Å². The van der Waals surface area contributed by atoms with Crippen LogP contribution in [-0.2, 0) is 17.7 Å². The molecule has 1 heterocycles. The first-order valence-corrected chi connectivity index (χ1v) is 9.94. The van der Waals surface area contributed by atoms with Crippen LogP contribution in [0.25, 0.3) is 0 Å². The van der Waals surface area contributed by atoms with Crippen molar-refractivity contribution in [2.24, 2.45) is 0 Å². The molecule has 0 spiro atoms. The summed E-state index contributed by atoms with van der Waals surface area (Å²) in [7, 11) is 3.29. The lowest BCUT2D eigenvalue weighted by Gasteiger charge is -2.28. The molecule has 0 radical (unpaired) electrons. The fourth-order valence-electron chi connectivity index (χ4n) is 3.77. The topological polar surface area (TPSA) is 51.2 Å². The Morgan fingerprint density at radius 3 is 2.54 bits per heavy atom. The van der Waals surface area contributed by atoms with Crippen molar-refractivity contribution in [2.75, 3.05) is 33.9 Å². The number of aliphatic hydroxyl groups is 1. The third kappa shape index (κ3) is 5.96. The Hall–Kier alpha value is -2.08. The number of methoxy groups -OCH3 is 2. The summed E-state index contributed by atoms with van der Waals surface area (Å²) in [4.78, 5) is 2.28. The van der Waals surface area contributed by atoms with E-state index in [2.05, 4.69) is 17.0 Å². The first kappa shape index (κ1) is 20.6. The number of hydrogen-bond donors (Lipinski definition) is 1. The van der Waals surface area contributed by atoms with Gasteiger partial charge < -0.3 is 19.3 Å². The summed E-state index contributed by atoms with van der Waals surface area (Å²) in [6.07, 6.45) is 2.65. The lowest BCUT2D eigenvalue weighted by molar-refractivity contribution is 0.0464. The molecule has 1 aliphatic heterocycles. The Labute approximate surface area is 167 Å². The Morgan fingerprint density at radius 2 is 1.86 bits per heavy atom. The maximum absolute atomic E-state index is 10.7. The number of benzene rings is 2. The summed E-state index contributed by atoms with van der Waals surface area (Å²) < 4.78 is 16.6. The van der Waals surface area contributed by atoms with E-state index in [-0.39, 0.29) is 6.10 Å². The van der Waals surface area contributed by atoms with E-state index in [4.69, 9.17) is 14.2 Å². The van der Waals surface area contributed by atoms with Crippen LogP contribution in [0.3, 0.4) is 0 Å². The quantitative estimate of drug-likeness (QED) is 0.680. The maximum Gasteiger partial charge on any atom is 0.161 e.